The zero-order chi connectivity index (χ0) is 13.1. The first-order valence-corrected chi connectivity index (χ1v) is 5.90. The molecule has 4 heteroatoms. The van der Waals surface area contributed by atoms with E-state index in [1.165, 1.54) is 0 Å². The Morgan fingerprint density at radius 1 is 1.11 bits per heavy atom. The fourth-order valence-electron chi connectivity index (χ4n) is 1.81. The summed E-state index contributed by atoms with van der Waals surface area (Å²) in [5, 5.41) is 0. The van der Waals surface area contributed by atoms with E-state index < -0.39 is 5.97 Å². The quantitative estimate of drug-likeness (QED) is 0.624. The first-order chi connectivity index (χ1) is 9.31. The minimum absolute atomic E-state index is 0.265. The largest absolute Gasteiger partial charge is 0.465 e. The molecule has 0 N–H and O–H groups in total. The van der Waals surface area contributed by atoms with Crippen molar-refractivity contribution in [3.63, 3.8) is 0 Å². The second-order valence-electron chi connectivity index (χ2n) is 4.10. The molecule has 1 aromatic carbocycles. The van der Waals surface area contributed by atoms with Crippen molar-refractivity contribution in [1.82, 2.24) is 0 Å². The summed E-state index contributed by atoms with van der Waals surface area (Å²) >= 11 is 0. The molecular weight excluding hydrogens is 242 g/mol. The van der Waals surface area contributed by atoms with E-state index in [1.54, 1.807) is 24.5 Å². The van der Waals surface area contributed by atoms with Crippen LogP contribution >= 0.6 is 0 Å². The molecule has 0 fully saturated rings. The highest BCUT2D eigenvalue weighted by atomic mass is 16.6. The molecule has 0 radical (unpaired) electrons. The summed E-state index contributed by atoms with van der Waals surface area (Å²) in [6.07, 6.45) is 3.61. The third kappa shape index (κ3) is 2.63. The van der Waals surface area contributed by atoms with Crippen LogP contribution in [0.4, 0.5) is 0 Å². The highest BCUT2D eigenvalue weighted by molar-refractivity contribution is 6.07. The third-order valence-electron chi connectivity index (χ3n) is 2.69. The zero-order valence-corrected chi connectivity index (χ0v) is 10.1. The number of carbonyl (C=O) groups is 1. The number of benzene rings is 1. The van der Waals surface area contributed by atoms with Crippen LogP contribution in [0.25, 0.3) is 6.08 Å². The average Bonchev–Trinajstić information content (AvgIpc) is 3.02. The maximum atomic E-state index is 11.7. The number of rotatable bonds is 3. The first kappa shape index (κ1) is 11.5. The van der Waals surface area contributed by atoms with Gasteiger partial charge in [0.05, 0.1) is 6.26 Å². The molecule has 0 saturated carbocycles. The smallest absolute Gasteiger partial charge is 0.363 e. The first-order valence-electron chi connectivity index (χ1n) is 5.90. The van der Waals surface area contributed by atoms with Crippen molar-refractivity contribution < 1.29 is 13.9 Å². The summed E-state index contributed by atoms with van der Waals surface area (Å²) in [7, 11) is 0. The number of furan rings is 1. The molecule has 2 heterocycles. The van der Waals surface area contributed by atoms with Gasteiger partial charge in [0.1, 0.15) is 5.76 Å². The summed E-state index contributed by atoms with van der Waals surface area (Å²) in [5.41, 5.74) is 1.31. The van der Waals surface area contributed by atoms with Gasteiger partial charge in [0.15, 0.2) is 5.70 Å². The molecule has 0 unspecified atom stereocenters. The van der Waals surface area contributed by atoms with Gasteiger partial charge in [0, 0.05) is 12.5 Å². The highest BCUT2D eigenvalue weighted by Crippen LogP contribution is 2.17. The van der Waals surface area contributed by atoms with Gasteiger partial charge in [0.25, 0.3) is 0 Å². The van der Waals surface area contributed by atoms with Gasteiger partial charge in [-0.1, -0.05) is 30.3 Å². The van der Waals surface area contributed by atoms with E-state index in [0.29, 0.717) is 18.1 Å². The van der Waals surface area contributed by atoms with Gasteiger partial charge in [-0.25, -0.2) is 9.79 Å². The topological polar surface area (TPSA) is 51.8 Å². The van der Waals surface area contributed by atoms with Gasteiger partial charge in [-0.05, 0) is 17.7 Å². The fourth-order valence-corrected chi connectivity index (χ4v) is 1.81. The Labute approximate surface area is 110 Å². The van der Waals surface area contributed by atoms with E-state index in [2.05, 4.69) is 4.99 Å². The molecule has 0 atom stereocenters. The number of hydrogen-bond acceptors (Lipinski definition) is 4. The zero-order valence-electron chi connectivity index (χ0n) is 10.1. The Hall–Kier alpha value is -2.62. The lowest BCUT2D eigenvalue weighted by atomic mass is 10.1. The molecule has 1 aliphatic heterocycles. The Balaban J connectivity index is 1.80. The van der Waals surface area contributed by atoms with Crippen LogP contribution < -0.4 is 0 Å². The minimum Gasteiger partial charge on any atom is -0.465 e. The van der Waals surface area contributed by atoms with Gasteiger partial charge in [-0.15, -0.1) is 0 Å². The van der Waals surface area contributed by atoms with Crippen molar-refractivity contribution in [1.29, 1.82) is 0 Å². The predicted octanol–water partition coefficient (Wildman–Crippen LogP) is 2.82. The SMILES string of the molecule is O=C1OC(Cc2ccccc2)=N/C1=C/c1ccco1. The van der Waals surface area contributed by atoms with E-state index in [-0.39, 0.29) is 5.70 Å². The second kappa shape index (κ2) is 4.94. The van der Waals surface area contributed by atoms with Crippen LogP contribution in [0.2, 0.25) is 0 Å². The van der Waals surface area contributed by atoms with Crippen molar-refractivity contribution in [2.24, 2.45) is 4.99 Å². The molecule has 4 nitrogen and oxygen atoms in total. The van der Waals surface area contributed by atoms with E-state index in [1.807, 2.05) is 30.3 Å². The lowest BCUT2D eigenvalue weighted by Gasteiger charge is -1.98. The van der Waals surface area contributed by atoms with Crippen molar-refractivity contribution in [2.75, 3.05) is 0 Å². The van der Waals surface area contributed by atoms with Crippen LogP contribution in [0, 0.1) is 0 Å². The van der Waals surface area contributed by atoms with Gasteiger partial charge >= 0.3 is 5.97 Å². The van der Waals surface area contributed by atoms with E-state index in [0.717, 1.165) is 5.56 Å². The van der Waals surface area contributed by atoms with E-state index in [9.17, 15) is 4.79 Å². The molecule has 2 aromatic rings. The molecule has 94 valence electrons. The highest BCUT2D eigenvalue weighted by Gasteiger charge is 2.23. The molecule has 0 spiro atoms. The average molecular weight is 253 g/mol. The second-order valence-corrected chi connectivity index (χ2v) is 4.10. The molecular formula is C15H11NO3. The fraction of sp³-hybridized carbons (Fsp3) is 0.0667. The van der Waals surface area contributed by atoms with Crippen molar-refractivity contribution in [2.45, 2.75) is 6.42 Å². The van der Waals surface area contributed by atoms with Crippen molar-refractivity contribution in [3.8, 4) is 0 Å². The lowest BCUT2D eigenvalue weighted by Crippen LogP contribution is -2.06. The summed E-state index contributed by atoms with van der Waals surface area (Å²) in [6.45, 7) is 0. The Kier molecular flexibility index (Phi) is 2.98. The van der Waals surface area contributed by atoms with Crippen molar-refractivity contribution >= 4 is 17.9 Å². The summed E-state index contributed by atoms with van der Waals surface area (Å²) in [6, 6.07) is 13.2. The van der Waals surface area contributed by atoms with Crippen LogP contribution in [0.15, 0.2) is 63.8 Å². The number of ether oxygens (including phenoxy) is 1. The van der Waals surface area contributed by atoms with Gasteiger partial charge in [-0.3, -0.25) is 0 Å². The number of hydrogen-bond donors (Lipinski definition) is 0. The number of esters is 1. The van der Waals surface area contributed by atoms with Crippen LogP contribution in [-0.4, -0.2) is 11.9 Å². The summed E-state index contributed by atoms with van der Waals surface area (Å²) in [5.74, 6) is 0.549. The standard InChI is InChI=1S/C15H11NO3/c17-15-13(10-12-7-4-8-18-12)16-14(19-15)9-11-5-2-1-3-6-11/h1-8,10H,9H2/b13-10+. The monoisotopic (exact) mass is 253 g/mol. The van der Waals surface area contributed by atoms with E-state index >= 15 is 0 Å². The van der Waals surface area contributed by atoms with Gasteiger partial charge < -0.3 is 9.15 Å². The normalized spacial score (nSPS) is 16.5. The predicted molar refractivity (Wildman–Crippen MR) is 70.4 cm³/mol. The molecule has 3 rings (SSSR count). The van der Waals surface area contributed by atoms with Crippen LogP contribution in [0.5, 0.6) is 0 Å². The molecule has 1 aliphatic rings. The maximum Gasteiger partial charge on any atom is 0.363 e. The number of aliphatic imine (C=N–C) groups is 1. The van der Waals surface area contributed by atoms with Crippen LogP contribution in [0.1, 0.15) is 11.3 Å². The van der Waals surface area contributed by atoms with Crippen LogP contribution in [-0.2, 0) is 16.0 Å². The summed E-state index contributed by atoms with van der Waals surface area (Å²) < 4.78 is 10.3. The van der Waals surface area contributed by atoms with Gasteiger partial charge in [0.2, 0.25) is 5.90 Å². The lowest BCUT2D eigenvalue weighted by molar-refractivity contribution is -0.130. The summed E-state index contributed by atoms with van der Waals surface area (Å²) in [4.78, 5) is 15.8. The Bertz CT molecular complexity index is 639. The van der Waals surface area contributed by atoms with E-state index in [4.69, 9.17) is 9.15 Å². The molecule has 1 aromatic heterocycles. The Morgan fingerprint density at radius 3 is 2.68 bits per heavy atom. The maximum absolute atomic E-state index is 11.7. The molecule has 0 aliphatic carbocycles. The van der Waals surface area contributed by atoms with Crippen LogP contribution in [0.3, 0.4) is 0 Å². The third-order valence-corrected chi connectivity index (χ3v) is 2.69. The number of cyclic esters (lactones) is 1. The Morgan fingerprint density at radius 2 is 1.95 bits per heavy atom. The number of nitrogens with zero attached hydrogens (tertiary/aromatic N) is 1. The molecule has 0 saturated heterocycles. The minimum atomic E-state index is -0.442. The van der Waals surface area contributed by atoms with Crippen molar-refractivity contribution in [3.05, 3.63) is 65.7 Å². The molecule has 19 heavy (non-hydrogen) atoms. The molecule has 0 amide bonds. The molecule has 0 bridgehead atoms. The number of carbonyl (C=O) groups excluding carboxylic acids is 1. The van der Waals surface area contributed by atoms with Gasteiger partial charge in [-0.2, -0.15) is 0 Å².